The smallest absolute Gasteiger partial charge is 0.242 e. The Morgan fingerprint density at radius 2 is 1.81 bits per heavy atom. The van der Waals surface area contributed by atoms with Crippen molar-refractivity contribution in [3.8, 4) is 0 Å². The Hall–Kier alpha value is -2.67. The average Bonchev–Trinajstić information content (AvgIpc) is 3.66. The van der Waals surface area contributed by atoms with Gasteiger partial charge in [-0.1, -0.05) is 31.4 Å². The van der Waals surface area contributed by atoms with Crippen LogP contribution in [0, 0.1) is 11.7 Å². The highest BCUT2D eigenvalue weighted by Gasteiger charge is 2.35. The summed E-state index contributed by atoms with van der Waals surface area (Å²) in [5, 5.41) is 0. The van der Waals surface area contributed by atoms with Crippen LogP contribution >= 0.6 is 0 Å². The van der Waals surface area contributed by atoms with Gasteiger partial charge in [-0.15, -0.1) is 0 Å². The first kappa shape index (κ1) is 26.4. The topological polar surface area (TPSA) is 54.8 Å². The summed E-state index contributed by atoms with van der Waals surface area (Å²) in [5.74, 6) is -0.0157. The molecule has 0 spiro atoms. The van der Waals surface area contributed by atoms with Crippen LogP contribution in [0.25, 0.3) is 0 Å². The second kappa shape index (κ2) is 13.0. The summed E-state index contributed by atoms with van der Waals surface area (Å²) in [5.41, 5.74) is 2.06. The van der Waals surface area contributed by atoms with Crippen molar-refractivity contribution >= 4 is 11.8 Å². The van der Waals surface area contributed by atoms with Crippen molar-refractivity contribution in [3.05, 3.63) is 59.7 Å². The molecule has 0 atom stereocenters. The molecule has 0 aliphatic heterocycles. The van der Waals surface area contributed by atoms with Crippen LogP contribution in [-0.2, 0) is 27.4 Å². The lowest BCUT2D eigenvalue weighted by molar-refractivity contribution is -0.143. The number of halogens is 1. The van der Waals surface area contributed by atoms with Gasteiger partial charge in [-0.05, 0) is 68.9 Å². The molecule has 2 aliphatic carbocycles. The van der Waals surface area contributed by atoms with Gasteiger partial charge in [-0.2, -0.15) is 0 Å². The van der Waals surface area contributed by atoms with Crippen molar-refractivity contribution in [2.45, 2.75) is 77.4 Å². The minimum atomic E-state index is -0.243. The molecule has 7 heteroatoms. The normalized spacial score (nSPS) is 16.2. The Morgan fingerprint density at radius 1 is 1.06 bits per heavy atom. The van der Waals surface area contributed by atoms with E-state index in [1.54, 1.807) is 17.0 Å². The van der Waals surface area contributed by atoms with E-state index >= 15 is 0 Å². The molecule has 0 saturated heterocycles. The van der Waals surface area contributed by atoms with Crippen LogP contribution in [-0.4, -0.2) is 58.5 Å². The largest absolute Gasteiger partial charge is 0.382 e. The standard InChI is InChI=1S/C29H40FN3O3/c1-2-36-19-7-18-32(29(35)24-13-14-24)22-28(34)33(26-8-4-3-5-9-26)21-27-10-6-17-31(27)20-23-11-15-25(30)16-12-23/h6,10-12,15-17,24,26H,2-5,7-9,13-14,18-22H2,1H3. The number of ether oxygens (including phenoxy) is 1. The van der Waals surface area contributed by atoms with E-state index in [1.807, 2.05) is 24.1 Å². The molecule has 1 aromatic carbocycles. The first-order chi connectivity index (χ1) is 17.5. The van der Waals surface area contributed by atoms with Gasteiger partial charge in [0.15, 0.2) is 0 Å². The van der Waals surface area contributed by atoms with Gasteiger partial charge in [-0.25, -0.2) is 4.39 Å². The average molecular weight is 498 g/mol. The third-order valence-electron chi connectivity index (χ3n) is 7.34. The van der Waals surface area contributed by atoms with Gasteiger partial charge in [0.1, 0.15) is 5.82 Å². The third-order valence-corrected chi connectivity index (χ3v) is 7.34. The summed E-state index contributed by atoms with van der Waals surface area (Å²) in [6.45, 7) is 5.05. The summed E-state index contributed by atoms with van der Waals surface area (Å²) in [6, 6.07) is 10.8. The minimum Gasteiger partial charge on any atom is -0.382 e. The molecule has 36 heavy (non-hydrogen) atoms. The van der Waals surface area contributed by atoms with Crippen LogP contribution in [0.2, 0.25) is 0 Å². The predicted octanol–water partition coefficient (Wildman–Crippen LogP) is 5.00. The summed E-state index contributed by atoms with van der Waals surface area (Å²) in [6.07, 6.45) is 10.1. The second-order valence-corrected chi connectivity index (χ2v) is 10.2. The van der Waals surface area contributed by atoms with Gasteiger partial charge in [-0.3, -0.25) is 9.59 Å². The van der Waals surface area contributed by atoms with Crippen molar-refractivity contribution in [2.75, 3.05) is 26.3 Å². The quantitative estimate of drug-likeness (QED) is 0.366. The molecule has 2 saturated carbocycles. The van der Waals surface area contributed by atoms with Crippen LogP contribution in [0.5, 0.6) is 0 Å². The van der Waals surface area contributed by atoms with E-state index in [0.29, 0.717) is 32.8 Å². The second-order valence-electron chi connectivity index (χ2n) is 10.2. The molecule has 2 aromatic rings. The fourth-order valence-corrected chi connectivity index (χ4v) is 5.13. The Morgan fingerprint density at radius 3 is 2.50 bits per heavy atom. The van der Waals surface area contributed by atoms with Gasteiger partial charge >= 0.3 is 0 Å². The molecule has 6 nitrogen and oxygen atoms in total. The molecule has 2 fully saturated rings. The number of carbonyl (C=O) groups is 2. The van der Waals surface area contributed by atoms with E-state index in [2.05, 4.69) is 10.6 Å². The molecule has 2 aliphatic rings. The summed E-state index contributed by atoms with van der Waals surface area (Å²) in [7, 11) is 0. The third kappa shape index (κ3) is 7.42. The van der Waals surface area contributed by atoms with Crippen molar-refractivity contribution in [1.82, 2.24) is 14.4 Å². The molecular formula is C29H40FN3O3. The molecule has 2 amide bonds. The summed E-state index contributed by atoms with van der Waals surface area (Å²) in [4.78, 5) is 30.5. The maximum atomic E-state index is 13.8. The summed E-state index contributed by atoms with van der Waals surface area (Å²) < 4.78 is 21.0. The van der Waals surface area contributed by atoms with Crippen LogP contribution in [0.1, 0.15) is 69.5 Å². The van der Waals surface area contributed by atoms with Crippen molar-refractivity contribution in [1.29, 1.82) is 0 Å². The zero-order chi connectivity index (χ0) is 25.3. The van der Waals surface area contributed by atoms with Crippen molar-refractivity contribution < 1.29 is 18.7 Å². The molecule has 0 radical (unpaired) electrons. The highest BCUT2D eigenvalue weighted by molar-refractivity contribution is 5.87. The van der Waals surface area contributed by atoms with E-state index in [-0.39, 0.29) is 36.1 Å². The van der Waals surface area contributed by atoms with E-state index in [4.69, 9.17) is 4.74 Å². The SMILES string of the molecule is CCOCCCN(CC(=O)N(Cc1cccn1Cc1ccc(F)cc1)C1CCCCC1)C(=O)C1CC1. The number of amides is 2. The maximum Gasteiger partial charge on any atom is 0.242 e. The Bertz CT molecular complexity index is 980. The molecule has 196 valence electrons. The summed E-state index contributed by atoms with van der Waals surface area (Å²) >= 11 is 0. The van der Waals surface area contributed by atoms with Crippen molar-refractivity contribution in [2.24, 2.45) is 5.92 Å². The highest BCUT2D eigenvalue weighted by Crippen LogP contribution is 2.31. The van der Waals surface area contributed by atoms with E-state index in [9.17, 15) is 14.0 Å². The molecular weight excluding hydrogens is 457 g/mol. The predicted molar refractivity (Wildman–Crippen MR) is 138 cm³/mol. The number of benzene rings is 1. The highest BCUT2D eigenvalue weighted by atomic mass is 19.1. The Balaban J connectivity index is 1.47. The molecule has 4 rings (SSSR count). The number of carbonyl (C=O) groups excluding carboxylic acids is 2. The van der Waals surface area contributed by atoms with Gasteiger partial charge in [0.25, 0.3) is 0 Å². The maximum absolute atomic E-state index is 13.8. The van der Waals surface area contributed by atoms with Gasteiger partial charge in [0.05, 0.1) is 13.1 Å². The minimum absolute atomic E-state index is 0.0295. The number of aromatic nitrogens is 1. The fourth-order valence-electron chi connectivity index (χ4n) is 5.13. The molecule has 0 bridgehead atoms. The number of rotatable bonds is 13. The lowest BCUT2D eigenvalue weighted by atomic mass is 9.94. The van der Waals surface area contributed by atoms with Crippen LogP contribution in [0.4, 0.5) is 4.39 Å². The van der Waals surface area contributed by atoms with E-state index in [1.165, 1.54) is 18.6 Å². The first-order valence-electron chi connectivity index (χ1n) is 13.6. The van der Waals surface area contributed by atoms with Crippen LogP contribution in [0.15, 0.2) is 42.6 Å². The van der Waals surface area contributed by atoms with E-state index in [0.717, 1.165) is 56.2 Å². The fraction of sp³-hybridized carbons (Fsp3) is 0.586. The van der Waals surface area contributed by atoms with Crippen LogP contribution < -0.4 is 0 Å². The number of hydrogen-bond donors (Lipinski definition) is 0. The van der Waals surface area contributed by atoms with Gasteiger partial charge in [0, 0.05) is 50.2 Å². The van der Waals surface area contributed by atoms with Gasteiger partial charge < -0.3 is 19.1 Å². The first-order valence-corrected chi connectivity index (χ1v) is 13.6. The van der Waals surface area contributed by atoms with Gasteiger partial charge in [0.2, 0.25) is 11.8 Å². The molecule has 0 unspecified atom stereocenters. The Labute approximate surface area is 214 Å². The van der Waals surface area contributed by atoms with Crippen LogP contribution in [0.3, 0.4) is 0 Å². The Kier molecular flexibility index (Phi) is 9.56. The molecule has 1 aromatic heterocycles. The zero-order valence-electron chi connectivity index (χ0n) is 21.5. The number of hydrogen-bond acceptors (Lipinski definition) is 3. The lowest BCUT2D eigenvalue weighted by Gasteiger charge is -2.36. The van der Waals surface area contributed by atoms with Crippen molar-refractivity contribution in [3.63, 3.8) is 0 Å². The monoisotopic (exact) mass is 497 g/mol. The molecule has 0 N–H and O–H groups in total. The lowest BCUT2D eigenvalue weighted by Crippen LogP contribution is -2.48. The number of nitrogens with zero attached hydrogens (tertiary/aromatic N) is 3. The van der Waals surface area contributed by atoms with E-state index < -0.39 is 0 Å². The molecule has 1 heterocycles. The zero-order valence-corrected chi connectivity index (χ0v) is 21.5.